The van der Waals surface area contributed by atoms with Crippen LogP contribution in [0, 0.1) is 0 Å². The molecule has 0 saturated carbocycles. The number of carbonyl (C=O) groups excluding carboxylic acids is 2. The number of nitrogens with zero attached hydrogens (tertiary/aromatic N) is 1. The van der Waals surface area contributed by atoms with E-state index in [0.717, 1.165) is 10.0 Å². The van der Waals surface area contributed by atoms with E-state index in [4.69, 9.17) is 0 Å². The van der Waals surface area contributed by atoms with Gasteiger partial charge in [0.25, 0.3) is 0 Å². The molecule has 1 aromatic rings. The summed E-state index contributed by atoms with van der Waals surface area (Å²) in [5, 5.41) is 0. The molecule has 4 heteroatoms. The number of amides is 2. The molecule has 14 heavy (non-hydrogen) atoms. The maximum absolute atomic E-state index is 11.5. The SMILES string of the molecule is CC(=O)N1C(=O)Cc2cc(Br)ccc21. The molecule has 0 spiro atoms. The van der Waals surface area contributed by atoms with E-state index >= 15 is 0 Å². The third kappa shape index (κ3) is 1.35. The van der Waals surface area contributed by atoms with Gasteiger partial charge in [-0.25, -0.2) is 0 Å². The zero-order valence-electron chi connectivity index (χ0n) is 7.58. The van der Waals surface area contributed by atoms with Gasteiger partial charge in [-0.1, -0.05) is 15.9 Å². The van der Waals surface area contributed by atoms with Crippen molar-refractivity contribution in [1.29, 1.82) is 0 Å². The molecule has 0 fully saturated rings. The summed E-state index contributed by atoms with van der Waals surface area (Å²) in [4.78, 5) is 23.9. The fourth-order valence-corrected chi connectivity index (χ4v) is 2.04. The molecule has 2 amide bonds. The second-order valence-corrected chi connectivity index (χ2v) is 4.11. The molecule has 0 bridgehead atoms. The Balaban J connectivity index is 2.53. The molecular formula is C10H8BrNO2. The molecule has 0 N–H and O–H groups in total. The Morgan fingerprint density at radius 3 is 2.86 bits per heavy atom. The fourth-order valence-electron chi connectivity index (χ4n) is 1.64. The van der Waals surface area contributed by atoms with Crippen LogP contribution in [-0.2, 0) is 16.0 Å². The summed E-state index contributed by atoms with van der Waals surface area (Å²) >= 11 is 3.33. The maximum Gasteiger partial charge on any atom is 0.238 e. The number of hydrogen-bond acceptors (Lipinski definition) is 2. The summed E-state index contributed by atoms with van der Waals surface area (Å²) in [6, 6.07) is 5.48. The number of hydrogen-bond donors (Lipinski definition) is 0. The van der Waals surface area contributed by atoms with Gasteiger partial charge in [-0.15, -0.1) is 0 Å². The topological polar surface area (TPSA) is 37.4 Å². The molecule has 0 aliphatic carbocycles. The summed E-state index contributed by atoms with van der Waals surface area (Å²) in [5.41, 5.74) is 1.62. The summed E-state index contributed by atoms with van der Waals surface area (Å²) in [7, 11) is 0. The van der Waals surface area contributed by atoms with Crippen molar-refractivity contribution < 1.29 is 9.59 Å². The number of carbonyl (C=O) groups is 2. The van der Waals surface area contributed by atoms with Crippen LogP contribution in [0.3, 0.4) is 0 Å². The molecule has 0 radical (unpaired) electrons. The van der Waals surface area contributed by atoms with Gasteiger partial charge in [0, 0.05) is 11.4 Å². The Bertz CT molecular complexity index is 428. The molecule has 0 aromatic heterocycles. The predicted octanol–water partition coefficient (Wildman–Crippen LogP) is 1.88. The van der Waals surface area contributed by atoms with Crippen molar-refractivity contribution in [1.82, 2.24) is 0 Å². The molecule has 72 valence electrons. The quantitative estimate of drug-likeness (QED) is 0.708. The van der Waals surface area contributed by atoms with Crippen LogP contribution in [0.15, 0.2) is 22.7 Å². The van der Waals surface area contributed by atoms with Gasteiger partial charge in [0.15, 0.2) is 0 Å². The van der Waals surface area contributed by atoms with Crippen LogP contribution in [0.4, 0.5) is 5.69 Å². The molecule has 1 aliphatic rings. The molecular weight excluding hydrogens is 246 g/mol. The number of rotatable bonds is 0. The monoisotopic (exact) mass is 253 g/mol. The lowest BCUT2D eigenvalue weighted by Gasteiger charge is -2.12. The normalized spacial score (nSPS) is 14.4. The number of imide groups is 1. The lowest BCUT2D eigenvalue weighted by atomic mass is 10.2. The minimum absolute atomic E-state index is 0.148. The first kappa shape index (κ1) is 9.40. The smallest absolute Gasteiger partial charge is 0.238 e. The number of anilines is 1. The van der Waals surface area contributed by atoms with Crippen molar-refractivity contribution in [3.8, 4) is 0 Å². The Labute approximate surface area is 89.8 Å². The van der Waals surface area contributed by atoms with Gasteiger partial charge in [0.1, 0.15) is 0 Å². The van der Waals surface area contributed by atoms with Crippen molar-refractivity contribution in [3.05, 3.63) is 28.2 Å². The van der Waals surface area contributed by atoms with Gasteiger partial charge in [-0.2, -0.15) is 0 Å². The van der Waals surface area contributed by atoms with Crippen molar-refractivity contribution in [2.45, 2.75) is 13.3 Å². The van der Waals surface area contributed by atoms with E-state index < -0.39 is 0 Å². The van der Waals surface area contributed by atoms with E-state index in [1.807, 2.05) is 12.1 Å². The standard InChI is InChI=1S/C10H8BrNO2/c1-6(13)12-9-3-2-8(11)4-7(9)5-10(12)14/h2-4H,5H2,1H3. The van der Waals surface area contributed by atoms with Gasteiger partial charge < -0.3 is 0 Å². The van der Waals surface area contributed by atoms with Crippen LogP contribution in [0.5, 0.6) is 0 Å². The van der Waals surface area contributed by atoms with E-state index in [9.17, 15) is 9.59 Å². The Hall–Kier alpha value is -1.16. The largest absolute Gasteiger partial charge is 0.274 e. The van der Waals surface area contributed by atoms with Gasteiger partial charge in [0.2, 0.25) is 11.8 Å². The Kier molecular flexibility index (Phi) is 2.15. The maximum atomic E-state index is 11.5. The highest BCUT2D eigenvalue weighted by Gasteiger charge is 2.29. The van der Waals surface area contributed by atoms with Crippen molar-refractivity contribution in [2.24, 2.45) is 0 Å². The highest BCUT2D eigenvalue weighted by molar-refractivity contribution is 9.10. The van der Waals surface area contributed by atoms with Crippen molar-refractivity contribution in [3.63, 3.8) is 0 Å². The van der Waals surface area contributed by atoms with Crippen LogP contribution in [0.25, 0.3) is 0 Å². The molecule has 0 saturated heterocycles. The third-order valence-electron chi connectivity index (χ3n) is 2.19. The first-order valence-electron chi connectivity index (χ1n) is 4.21. The Morgan fingerprint density at radius 2 is 2.21 bits per heavy atom. The summed E-state index contributed by atoms with van der Waals surface area (Å²) in [6.07, 6.45) is 0.314. The van der Waals surface area contributed by atoms with Gasteiger partial charge in [0.05, 0.1) is 12.1 Å². The van der Waals surface area contributed by atoms with Crippen molar-refractivity contribution >= 4 is 33.4 Å². The summed E-state index contributed by atoms with van der Waals surface area (Å²) in [5.74, 6) is -0.373. The second-order valence-electron chi connectivity index (χ2n) is 3.20. The van der Waals surface area contributed by atoms with E-state index in [-0.39, 0.29) is 11.8 Å². The zero-order valence-corrected chi connectivity index (χ0v) is 9.17. The van der Waals surface area contributed by atoms with E-state index in [0.29, 0.717) is 12.1 Å². The van der Waals surface area contributed by atoms with E-state index in [1.165, 1.54) is 11.8 Å². The molecule has 0 atom stereocenters. The zero-order chi connectivity index (χ0) is 10.3. The minimum Gasteiger partial charge on any atom is -0.274 e. The average Bonchev–Trinajstić information content (AvgIpc) is 2.39. The lowest BCUT2D eigenvalue weighted by molar-refractivity contribution is -0.124. The first-order chi connectivity index (χ1) is 6.59. The molecule has 3 nitrogen and oxygen atoms in total. The molecule has 1 aromatic carbocycles. The second kappa shape index (κ2) is 3.20. The molecule has 0 unspecified atom stereocenters. The minimum atomic E-state index is -0.226. The molecule has 2 rings (SSSR count). The third-order valence-corrected chi connectivity index (χ3v) is 2.68. The number of fused-ring (bicyclic) bond motifs is 1. The van der Waals surface area contributed by atoms with Gasteiger partial charge in [-0.3, -0.25) is 14.5 Å². The van der Waals surface area contributed by atoms with Gasteiger partial charge >= 0.3 is 0 Å². The van der Waals surface area contributed by atoms with Crippen molar-refractivity contribution in [2.75, 3.05) is 4.90 Å². The van der Waals surface area contributed by atoms with Gasteiger partial charge in [-0.05, 0) is 23.8 Å². The van der Waals surface area contributed by atoms with Crippen LogP contribution in [0.1, 0.15) is 12.5 Å². The van der Waals surface area contributed by atoms with E-state index in [2.05, 4.69) is 15.9 Å². The van der Waals surface area contributed by atoms with Crippen LogP contribution >= 0.6 is 15.9 Å². The van der Waals surface area contributed by atoms with E-state index in [1.54, 1.807) is 6.07 Å². The summed E-state index contributed by atoms with van der Waals surface area (Å²) in [6.45, 7) is 1.40. The molecule has 1 aliphatic heterocycles. The van der Waals surface area contributed by atoms with Crippen LogP contribution < -0.4 is 4.90 Å². The fraction of sp³-hybridized carbons (Fsp3) is 0.200. The highest BCUT2D eigenvalue weighted by atomic mass is 79.9. The highest BCUT2D eigenvalue weighted by Crippen LogP contribution is 2.31. The number of halogens is 1. The Morgan fingerprint density at radius 1 is 1.50 bits per heavy atom. The van der Waals surface area contributed by atoms with Crippen LogP contribution in [-0.4, -0.2) is 11.8 Å². The number of benzene rings is 1. The first-order valence-corrected chi connectivity index (χ1v) is 5.01. The van der Waals surface area contributed by atoms with Crippen LogP contribution in [0.2, 0.25) is 0 Å². The molecule has 1 heterocycles. The summed E-state index contributed by atoms with van der Waals surface area (Å²) < 4.78 is 0.925. The lowest BCUT2D eigenvalue weighted by Crippen LogP contribution is -2.31. The predicted molar refractivity (Wildman–Crippen MR) is 56.0 cm³/mol. The average molecular weight is 254 g/mol.